The third kappa shape index (κ3) is 9.83. The Bertz CT molecular complexity index is 851. The monoisotopic (exact) mass is 434 g/mol. The lowest BCUT2D eigenvalue weighted by molar-refractivity contribution is 0.115. The Morgan fingerprint density at radius 1 is 0.969 bits per heavy atom. The Morgan fingerprint density at radius 3 is 2.16 bits per heavy atom. The standard InChI is InChI=1S/C26H34N4O2/c1-3-6-25(10-7-23(2)21-27)31-19-4-13-29-15-17-30(18-16-29)14-5-20-32-26-11-8-24(22-28)9-12-26/h3,6-12H,4-5,13-20H2,1-2H3/b6-3-,23-7+,25-10+. The first kappa shape index (κ1) is 25.2. The quantitative estimate of drug-likeness (QED) is 0.212. The van der Waals surface area contributed by atoms with Crippen LogP contribution in [0.3, 0.4) is 0 Å². The van der Waals surface area contributed by atoms with E-state index in [2.05, 4.69) is 21.9 Å². The van der Waals surface area contributed by atoms with Gasteiger partial charge in [0.25, 0.3) is 0 Å². The average Bonchev–Trinajstić information content (AvgIpc) is 2.83. The first-order valence-electron chi connectivity index (χ1n) is 11.3. The number of ether oxygens (including phenoxy) is 2. The van der Waals surface area contributed by atoms with Gasteiger partial charge in [0.2, 0.25) is 0 Å². The second-order valence-corrected chi connectivity index (χ2v) is 7.75. The van der Waals surface area contributed by atoms with E-state index in [0.717, 1.165) is 63.6 Å². The lowest BCUT2D eigenvalue weighted by atomic mass is 10.2. The normalized spacial score (nSPS) is 16.0. The summed E-state index contributed by atoms with van der Waals surface area (Å²) in [5, 5.41) is 17.7. The topological polar surface area (TPSA) is 72.5 Å². The molecule has 0 aliphatic carbocycles. The van der Waals surface area contributed by atoms with Crippen LogP contribution < -0.4 is 4.74 Å². The molecule has 0 N–H and O–H groups in total. The van der Waals surface area contributed by atoms with E-state index < -0.39 is 0 Å². The Hall–Kier alpha value is -3.06. The van der Waals surface area contributed by atoms with Crippen LogP contribution >= 0.6 is 0 Å². The van der Waals surface area contributed by atoms with Crippen molar-refractivity contribution in [1.29, 1.82) is 10.5 Å². The zero-order valence-corrected chi connectivity index (χ0v) is 19.3. The van der Waals surface area contributed by atoms with Crippen LogP contribution in [0.15, 0.2) is 59.9 Å². The summed E-state index contributed by atoms with van der Waals surface area (Å²) in [5.41, 5.74) is 1.31. The molecule has 0 radical (unpaired) electrons. The van der Waals surface area contributed by atoms with Gasteiger partial charge >= 0.3 is 0 Å². The third-order valence-corrected chi connectivity index (χ3v) is 5.23. The number of nitriles is 2. The Morgan fingerprint density at radius 2 is 1.59 bits per heavy atom. The Balaban J connectivity index is 1.56. The molecule has 1 aliphatic heterocycles. The zero-order valence-electron chi connectivity index (χ0n) is 19.3. The second kappa shape index (κ2) is 14.9. The molecule has 1 aromatic carbocycles. The summed E-state index contributed by atoms with van der Waals surface area (Å²) in [5.74, 6) is 1.61. The van der Waals surface area contributed by atoms with Gasteiger partial charge in [0, 0.05) is 44.8 Å². The van der Waals surface area contributed by atoms with Crippen LogP contribution in [-0.2, 0) is 4.74 Å². The zero-order chi connectivity index (χ0) is 23.0. The molecular weight excluding hydrogens is 400 g/mol. The van der Waals surface area contributed by atoms with Crippen molar-refractivity contribution in [2.45, 2.75) is 26.7 Å². The summed E-state index contributed by atoms with van der Waals surface area (Å²) < 4.78 is 11.6. The van der Waals surface area contributed by atoms with Gasteiger partial charge < -0.3 is 19.3 Å². The van der Waals surface area contributed by atoms with Gasteiger partial charge in [-0.05, 0) is 69.2 Å². The number of allylic oxidation sites excluding steroid dienone is 5. The lowest BCUT2D eigenvalue weighted by Crippen LogP contribution is -2.47. The molecule has 1 saturated heterocycles. The van der Waals surface area contributed by atoms with E-state index >= 15 is 0 Å². The number of hydrogen-bond acceptors (Lipinski definition) is 6. The summed E-state index contributed by atoms with van der Waals surface area (Å²) in [6.07, 6.45) is 9.47. The van der Waals surface area contributed by atoms with E-state index in [1.165, 1.54) is 0 Å². The first-order valence-corrected chi connectivity index (χ1v) is 11.3. The summed E-state index contributed by atoms with van der Waals surface area (Å²) in [6.45, 7) is 11.5. The maximum atomic E-state index is 8.85. The minimum atomic E-state index is 0.652. The number of piperazine rings is 1. The molecule has 2 rings (SSSR count). The largest absolute Gasteiger partial charge is 0.494 e. The van der Waals surface area contributed by atoms with Gasteiger partial charge in [0.05, 0.1) is 30.9 Å². The first-order chi connectivity index (χ1) is 15.6. The number of nitrogens with zero attached hydrogens (tertiary/aromatic N) is 4. The molecule has 1 heterocycles. The molecule has 0 unspecified atom stereocenters. The van der Waals surface area contributed by atoms with Crippen LogP contribution in [0.4, 0.5) is 0 Å². The minimum absolute atomic E-state index is 0.652. The molecule has 0 atom stereocenters. The molecule has 1 aliphatic rings. The van der Waals surface area contributed by atoms with Crippen LogP contribution in [0.5, 0.6) is 5.75 Å². The fourth-order valence-electron chi connectivity index (χ4n) is 3.38. The SMILES string of the molecule is C\C=C/C(=C\C=C(/C)C#N)OCCCN1CCN(CCCOc2ccc(C#N)cc2)CC1. The van der Waals surface area contributed by atoms with Crippen LogP contribution in [0.1, 0.15) is 32.3 Å². The van der Waals surface area contributed by atoms with E-state index in [1.807, 2.05) is 37.3 Å². The van der Waals surface area contributed by atoms with Crippen molar-refractivity contribution < 1.29 is 9.47 Å². The molecule has 6 nitrogen and oxygen atoms in total. The van der Waals surface area contributed by atoms with Crippen molar-refractivity contribution in [2.75, 3.05) is 52.5 Å². The maximum absolute atomic E-state index is 8.85. The molecular formula is C26H34N4O2. The van der Waals surface area contributed by atoms with E-state index in [0.29, 0.717) is 24.4 Å². The predicted octanol–water partition coefficient (Wildman–Crippen LogP) is 4.28. The van der Waals surface area contributed by atoms with E-state index in [4.69, 9.17) is 20.0 Å². The van der Waals surface area contributed by atoms with Gasteiger partial charge in [-0.2, -0.15) is 10.5 Å². The van der Waals surface area contributed by atoms with Crippen LogP contribution in [-0.4, -0.2) is 62.3 Å². The smallest absolute Gasteiger partial charge is 0.119 e. The second-order valence-electron chi connectivity index (χ2n) is 7.75. The highest BCUT2D eigenvalue weighted by atomic mass is 16.5. The molecule has 1 aromatic rings. The molecule has 6 heteroatoms. The van der Waals surface area contributed by atoms with Gasteiger partial charge in [-0.1, -0.05) is 6.08 Å². The molecule has 1 fully saturated rings. The molecule has 170 valence electrons. The number of hydrogen-bond donors (Lipinski definition) is 0. The molecule has 0 spiro atoms. The Kier molecular flexibility index (Phi) is 11.7. The van der Waals surface area contributed by atoms with Crippen molar-refractivity contribution in [3.8, 4) is 17.9 Å². The summed E-state index contributed by atoms with van der Waals surface area (Å²) in [7, 11) is 0. The minimum Gasteiger partial charge on any atom is -0.494 e. The van der Waals surface area contributed by atoms with Gasteiger partial charge in [-0.15, -0.1) is 0 Å². The van der Waals surface area contributed by atoms with Gasteiger partial charge in [0.1, 0.15) is 11.5 Å². The molecule has 0 amide bonds. The average molecular weight is 435 g/mol. The number of rotatable bonds is 12. The van der Waals surface area contributed by atoms with Gasteiger partial charge in [-0.25, -0.2) is 0 Å². The van der Waals surface area contributed by atoms with Crippen molar-refractivity contribution >= 4 is 0 Å². The van der Waals surface area contributed by atoms with Crippen molar-refractivity contribution in [3.63, 3.8) is 0 Å². The Labute approximate surface area is 192 Å². The predicted molar refractivity (Wildman–Crippen MR) is 127 cm³/mol. The van der Waals surface area contributed by atoms with Crippen molar-refractivity contribution in [2.24, 2.45) is 0 Å². The van der Waals surface area contributed by atoms with Crippen LogP contribution in [0.25, 0.3) is 0 Å². The fraction of sp³-hybridized carbons (Fsp3) is 0.462. The highest BCUT2D eigenvalue weighted by Gasteiger charge is 2.16. The lowest BCUT2D eigenvalue weighted by Gasteiger charge is -2.34. The highest BCUT2D eigenvalue weighted by Crippen LogP contribution is 2.12. The maximum Gasteiger partial charge on any atom is 0.119 e. The molecule has 0 bridgehead atoms. The summed E-state index contributed by atoms with van der Waals surface area (Å²) in [4.78, 5) is 4.98. The number of benzene rings is 1. The van der Waals surface area contributed by atoms with Gasteiger partial charge in [-0.3, -0.25) is 0 Å². The molecule has 0 aromatic heterocycles. The summed E-state index contributed by atoms with van der Waals surface area (Å²) >= 11 is 0. The van der Waals surface area contributed by atoms with Crippen LogP contribution in [0, 0.1) is 22.7 Å². The fourth-order valence-corrected chi connectivity index (χ4v) is 3.38. The summed E-state index contributed by atoms with van der Waals surface area (Å²) in [6, 6.07) is 11.5. The van der Waals surface area contributed by atoms with E-state index in [9.17, 15) is 0 Å². The van der Waals surface area contributed by atoms with Gasteiger partial charge in [0.15, 0.2) is 0 Å². The van der Waals surface area contributed by atoms with Crippen molar-refractivity contribution in [3.05, 3.63) is 65.5 Å². The van der Waals surface area contributed by atoms with Crippen molar-refractivity contribution in [1.82, 2.24) is 9.80 Å². The molecule has 0 saturated carbocycles. The van der Waals surface area contributed by atoms with E-state index in [-0.39, 0.29) is 0 Å². The third-order valence-electron chi connectivity index (χ3n) is 5.23. The van der Waals surface area contributed by atoms with E-state index in [1.54, 1.807) is 25.1 Å². The molecule has 32 heavy (non-hydrogen) atoms. The van der Waals surface area contributed by atoms with Crippen LogP contribution in [0.2, 0.25) is 0 Å². The highest BCUT2D eigenvalue weighted by molar-refractivity contribution is 5.34.